The number of nitrogens with zero attached hydrogens (tertiary/aromatic N) is 1. The molecule has 0 radical (unpaired) electrons. The van der Waals surface area contributed by atoms with Crippen LogP contribution < -0.4 is 10.6 Å². The molecule has 0 amide bonds. The van der Waals surface area contributed by atoms with Crippen LogP contribution in [0, 0.1) is 5.82 Å². The summed E-state index contributed by atoms with van der Waals surface area (Å²) in [7, 11) is 1.79. The second kappa shape index (κ2) is 8.02. The summed E-state index contributed by atoms with van der Waals surface area (Å²) in [5.41, 5.74) is 0.763. The van der Waals surface area contributed by atoms with Gasteiger partial charge < -0.3 is 15.4 Å². The first-order chi connectivity index (χ1) is 11.3. The van der Waals surface area contributed by atoms with Gasteiger partial charge in [-0.1, -0.05) is 18.2 Å². The fourth-order valence-electron chi connectivity index (χ4n) is 3.20. The number of thioether (sulfide) groups is 1. The molecule has 3 unspecified atom stereocenters. The molecule has 3 rings (SSSR count). The summed E-state index contributed by atoms with van der Waals surface area (Å²) in [5, 5.41) is 6.78. The van der Waals surface area contributed by atoms with Gasteiger partial charge >= 0.3 is 0 Å². The third-order valence-corrected chi connectivity index (χ3v) is 5.41. The summed E-state index contributed by atoms with van der Waals surface area (Å²) in [4.78, 5) is 4.27. The molecule has 6 heteroatoms. The van der Waals surface area contributed by atoms with E-state index < -0.39 is 0 Å². The van der Waals surface area contributed by atoms with Crippen molar-refractivity contribution in [3.8, 4) is 0 Å². The molecule has 4 nitrogen and oxygen atoms in total. The monoisotopic (exact) mass is 337 g/mol. The average Bonchev–Trinajstić information content (AvgIpc) is 3.18. The maximum atomic E-state index is 13.5. The van der Waals surface area contributed by atoms with Crippen molar-refractivity contribution >= 4 is 17.7 Å². The van der Waals surface area contributed by atoms with Gasteiger partial charge in [0.15, 0.2) is 5.96 Å². The minimum atomic E-state index is -0.123. The number of hydrogen-bond donors (Lipinski definition) is 2. The van der Waals surface area contributed by atoms with Crippen molar-refractivity contribution in [2.75, 3.05) is 19.3 Å². The minimum Gasteiger partial charge on any atom is -0.373 e. The summed E-state index contributed by atoms with van der Waals surface area (Å²) in [6.07, 6.45) is 4.20. The van der Waals surface area contributed by atoms with E-state index in [-0.39, 0.29) is 5.82 Å². The Balaban J connectivity index is 1.34. The minimum absolute atomic E-state index is 0.123. The zero-order valence-electron chi connectivity index (χ0n) is 13.4. The third-order valence-electron chi connectivity index (χ3n) is 4.41. The largest absolute Gasteiger partial charge is 0.373 e. The molecule has 2 heterocycles. The lowest BCUT2D eigenvalue weighted by molar-refractivity contribution is 0.0992. The first kappa shape index (κ1) is 16.6. The Hall–Kier alpha value is -1.27. The predicted octanol–water partition coefficient (Wildman–Crippen LogP) is 2.54. The van der Waals surface area contributed by atoms with Crippen LogP contribution in [0.25, 0.3) is 0 Å². The van der Waals surface area contributed by atoms with Crippen LogP contribution in [-0.4, -0.2) is 43.6 Å². The summed E-state index contributed by atoms with van der Waals surface area (Å²) in [5.74, 6) is 2.31. The Morgan fingerprint density at radius 2 is 2.26 bits per heavy atom. The average molecular weight is 337 g/mol. The highest BCUT2D eigenvalue weighted by atomic mass is 32.2. The van der Waals surface area contributed by atoms with Gasteiger partial charge in [0.1, 0.15) is 5.82 Å². The van der Waals surface area contributed by atoms with Crippen molar-refractivity contribution in [1.82, 2.24) is 10.6 Å². The van der Waals surface area contributed by atoms with Crippen LogP contribution in [0.1, 0.15) is 24.8 Å². The van der Waals surface area contributed by atoms with E-state index in [9.17, 15) is 4.39 Å². The lowest BCUT2D eigenvalue weighted by Crippen LogP contribution is -2.47. The quantitative estimate of drug-likeness (QED) is 0.476. The number of nitrogens with one attached hydrogen (secondary N) is 2. The van der Waals surface area contributed by atoms with Gasteiger partial charge in [-0.3, -0.25) is 4.99 Å². The van der Waals surface area contributed by atoms with Gasteiger partial charge in [0.25, 0.3) is 0 Å². The van der Waals surface area contributed by atoms with Crippen LogP contribution in [-0.2, 0) is 10.5 Å². The Morgan fingerprint density at radius 1 is 1.39 bits per heavy atom. The highest BCUT2D eigenvalue weighted by molar-refractivity contribution is 7.98. The van der Waals surface area contributed by atoms with Crippen LogP contribution in [0.4, 0.5) is 4.39 Å². The fourth-order valence-corrected chi connectivity index (χ4v) is 4.04. The summed E-state index contributed by atoms with van der Waals surface area (Å²) >= 11 is 1.72. The van der Waals surface area contributed by atoms with Crippen LogP contribution >= 0.6 is 11.8 Å². The van der Waals surface area contributed by atoms with Crippen molar-refractivity contribution in [1.29, 1.82) is 0 Å². The topological polar surface area (TPSA) is 45.7 Å². The second-order valence-electron chi connectivity index (χ2n) is 6.00. The Kier molecular flexibility index (Phi) is 5.78. The number of fused-ring (bicyclic) bond motifs is 2. The molecule has 126 valence electrons. The maximum Gasteiger partial charge on any atom is 0.191 e. The summed E-state index contributed by atoms with van der Waals surface area (Å²) in [6, 6.07) is 7.33. The standard InChI is InChI=1S/C17H24FN3OS/c1-19-17(21-15-10-13-6-7-16(15)22-13)20-8-9-23-11-12-4-2-3-5-14(12)18/h2-5,13,15-16H,6-11H2,1H3,(H2,19,20,21). The van der Waals surface area contributed by atoms with Crippen molar-refractivity contribution in [2.45, 2.75) is 43.3 Å². The van der Waals surface area contributed by atoms with Gasteiger partial charge in [0, 0.05) is 25.1 Å². The van der Waals surface area contributed by atoms with Crippen LogP contribution in [0.3, 0.4) is 0 Å². The molecule has 2 N–H and O–H groups in total. The van der Waals surface area contributed by atoms with Crippen molar-refractivity contribution in [2.24, 2.45) is 4.99 Å². The van der Waals surface area contributed by atoms with Crippen molar-refractivity contribution in [3.05, 3.63) is 35.6 Å². The Morgan fingerprint density at radius 3 is 2.96 bits per heavy atom. The molecule has 2 saturated heterocycles. The normalized spacial score (nSPS) is 26.5. The highest BCUT2D eigenvalue weighted by Crippen LogP contribution is 2.34. The second-order valence-corrected chi connectivity index (χ2v) is 7.11. The third kappa shape index (κ3) is 4.38. The summed E-state index contributed by atoms with van der Waals surface area (Å²) < 4.78 is 19.4. The highest BCUT2D eigenvalue weighted by Gasteiger charge is 2.41. The first-order valence-corrected chi connectivity index (χ1v) is 9.35. The van der Waals surface area contributed by atoms with E-state index in [1.807, 2.05) is 12.1 Å². The molecule has 3 atom stereocenters. The molecule has 0 spiro atoms. The van der Waals surface area contributed by atoms with E-state index in [0.717, 1.165) is 36.7 Å². The smallest absolute Gasteiger partial charge is 0.191 e. The number of rotatable bonds is 6. The molecule has 2 bridgehead atoms. The van der Waals surface area contributed by atoms with Crippen LogP contribution in [0.2, 0.25) is 0 Å². The van der Waals surface area contributed by atoms with E-state index in [0.29, 0.717) is 24.0 Å². The number of benzene rings is 1. The van der Waals surface area contributed by atoms with Crippen molar-refractivity contribution < 1.29 is 9.13 Å². The fraction of sp³-hybridized carbons (Fsp3) is 0.588. The van der Waals surface area contributed by atoms with Gasteiger partial charge in [0.2, 0.25) is 0 Å². The maximum absolute atomic E-state index is 13.5. The lowest BCUT2D eigenvalue weighted by atomic mass is 9.96. The molecule has 0 aromatic heterocycles. The molecule has 23 heavy (non-hydrogen) atoms. The van der Waals surface area contributed by atoms with Gasteiger partial charge in [-0.2, -0.15) is 11.8 Å². The Bertz CT molecular complexity index is 554. The van der Waals surface area contributed by atoms with Gasteiger partial charge in [-0.15, -0.1) is 0 Å². The van der Waals surface area contributed by atoms with E-state index >= 15 is 0 Å². The van der Waals surface area contributed by atoms with E-state index in [4.69, 9.17) is 4.74 Å². The molecule has 0 saturated carbocycles. The molecule has 2 fully saturated rings. The Labute approximate surface area is 141 Å². The predicted molar refractivity (Wildman–Crippen MR) is 93.4 cm³/mol. The number of ether oxygens (including phenoxy) is 1. The molecule has 1 aromatic rings. The van der Waals surface area contributed by atoms with Gasteiger partial charge in [0.05, 0.1) is 18.2 Å². The zero-order valence-corrected chi connectivity index (χ0v) is 14.2. The molecule has 1 aromatic carbocycles. The number of aliphatic imine (C=N–C) groups is 1. The van der Waals surface area contributed by atoms with E-state index in [1.54, 1.807) is 24.9 Å². The van der Waals surface area contributed by atoms with Crippen LogP contribution in [0.15, 0.2) is 29.3 Å². The number of halogens is 1. The number of guanidine groups is 1. The number of hydrogen-bond acceptors (Lipinski definition) is 3. The van der Waals surface area contributed by atoms with Gasteiger partial charge in [-0.25, -0.2) is 4.39 Å². The zero-order chi connectivity index (χ0) is 16.1. The summed E-state index contributed by atoms with van der Waals surface area (Å²) in [6.45, 7) is 0.806. The van der Waals surface area contributed by atoms with E-state index in [1.165, 1.54) is 12.5 Å². The molecular weight excluding hydrogens is 313 g/mol. The van der Waals surface area contributed by atoms with Crippen molar-refractivity contribution in [3.63, 3.8) is 0 Å². The van der Waals surface area contributed by atoms with Gasteiger partial charge in [-0.05, 0) is 30.9 Å². The molecule has 2 aliphatic rings. The van der Waals surface area contributed by atoms with E-state index in [2.05, 4.69) is 15.6 Å². The SMILES string of the molecule is CN=C(NCCSCc1ccccc1F)NC1CC2CCC1O2. The molecule has 2 aliphatic heterocycles. The van der Waals surface area contributed by atoms with Crippen LogP contribution in [0.5, 0.6) is 0 Å². The first-order valence-electron chi connectivity index (χ1n) is 8.20. The molecule has 0 aliphatic carbocycles. The lowest BCUT2D eigenvalue weighted by Gasteiger charge is -2.22. The molecular formula is C17H24FN3OS.